The van der Waals surface area contributed by atoms with Crippen LogP contribution in [0.2, 0.25) is 5.02 Å². The number of para-hydroxylation sites is 1. The van der Waals surface area contributed by atoms with Gasteiger partial charge in [0, 0.05) is 13.1 Å². The van der Waals surface area contributed by atoms with Gasteiger partial charge < -0.3 is 0 Å². The van der Waals surface area contributed by atoms with Gasteiger partial charge >= 0.3 is 0 Å². The Kier molecular flexibility index (Phi) is 4.90. The van der Waals surface area contributed by atoms with Crippen molar-refractivity contribution in [2.24, 2.45) is 0 Å². The molecule has 0 spiro atoms. The van der Waals surface area contributed by atoms with E-state index >= 15 is 0 Å². The molecule has 4 rings (SSSR count). The molecule has 0 saturated carbocycles. The zero-order chi connectivity index (χ0) is 19.0. The fraction of sp³-hybridized carbons (Fsp3) is 0.222. The van der Waals surface area contributed by atoms with Crippen LogP contribution < -0.4 is 5.32 Å². The standard InChI is InChI=1S/C18H16ClN3O3S2/c19-14-8-7-12(27(24,25)22-9-3-4-10-22)11-13(14)17(23)21-18-20-15-5-1-2-6-16(15)26-18/h1-2,5-8,11H,3-4,9-10H2,(H,20,21,23). The molecule has 0 radical (unpaired) electrons. The summed E-state index contributed by atoms with van der Waals surface area (Å²) in [5.41, 5.74) is 0.894. The Balaban J connectivity index is 1.63. The third-order valence-corrected chi connectivity index (χ3v) is 7.58. The summed E-state index contributed by atoms with van der Waals surface area (Å²) < 4.78 is 27.9. The van der Waals surface area contributed by atoms with Gasteiger partial charge in [-0.1, -0.05) is 35.1 Å². The van der Waals surface area contributed by atoms with Crippen LogP contribution in [0.5, 0.6) is 0 Å². The summed E-state index contributed by atoms with van der Waals surface area (Å²) >= 11 is 7.50. The molecule has 1 fully saturated rings. The number of halogens is 1. The number of rotatable bonds is 4. The van der Waals surface area contributed by atoms with Crippen molar-refractivity contribution < 1.29 is 13.2 Å². The van der Waals surface area contributed by atoms with Crippen LogP contribution in [0.25, 0.3) is 10.2 Å². The molecule has 0 unspecified atom stereocenters. The minimum Gasteiger partial charge on any atom is -0.298 e. The number of carbonyl (C=O) groups excluding carboxylic acids is 1. The van der Waals surface area contributed by atoms with Crippen LogP contribution in [0.1, 0.15) is 23.2 Å². The van der Waals surface area contributed by atoms with Crippen molar-refractivity contribution in [1.29, 1.82) is 0 Å². The summed E-state index contributed by atoms with van der Waals surface area (Å²) in [6.45, 7) is 0.996. The number of aromatic nitrogens is 1. The number of fused-ring (bicyclic) bond motifs is 1. The first kappa shape index (κ1) is 18.4. The lowest BCUT2D eigenvalue weighted by Gasteiger charge is -2.16. The number of benzene rings is 2. The quantitative estimate of drug-likeness (QED) is 0.690. The van der Waals surface area contributed by atoms with Crippen LogP contribution >= 0.6 is 22.9 Å². The van der Waals surface area contributed by atoms with Crippen molar-refractivity contribution in [3.8, 4) is 0 Å². The first-order valence-electron chi connectivity index (χ1n) is 8.42. The van der Waals surface area contributed by atoms with E-state index in [9.17, 15) is 13.2 Å². The molecule has 2 heterocycles. The summed E-state index contributed by atoms with van der Waals surface area (Å²) in [5.74, 6) is -0.488. The summed E-state index contributed by atoms with van der Waals surface area (Å²) in [6.07, 6.45) is 1.69. The third-order valence-electron chi connectivity index (χ3n) is 4.40. The van der Waals surface area contributed by atoms with Gasteiger partial charge in [-0.15, -0.1) is 0 Å². The minimum atomic E-state index is -3.62. The number of hydrogen-bond donors (Lipinski definition) is 1. The maximum absolute atomic E-state index is 12.7. The average Bonchev–Trinajstić information content (AvgIpc) is 3.31. The van der Waals surface area contributed by atoms with E-state index < -0.39 is 15.9 Å². The number of hydrogen-bond acceptors (Lipinski definition) is 5. The van der Waals surface area contributed by atoms with Gasteiger partial charge in [0.1, 0.15) is 0 Å². The van der Waals surface area contributed by atoms with Crippen molar-refractivity contribution >= 4 is 54.2 Å². The Labute approximate surface area is 165 Å². The second-order valence-corrected chi connectivity index (χ2v) is 9.57. The number of amides is 1. The lowest BCUT2D eigenvalue weighted by molar-refractivity contribution is 0.102. The number of carbonyl (C=O) groups is 1. The molecule has 1 aliphatic heterocycles. The van der Waals surface area contributed by atoms with Crippen LogP contribution in [0.15, 0.2) is 47.4 Å². The normalized spacial score (nSPS) is 15.3. The number of thiazole rings is 1. The minimum absolute atomic E-state index is 0.0725. The highest BCUT2D eigenvalue weighted by molar-refractivity contribution is 7.89. The number of sulfonamides is 1. The van der Waals surface area contributed by atoms with E-state index in [-0.39, 0.29) is 15.5 Å². The summed E-state index contributed by atoms with van der Waals surface area (Å²) in [7, 11) is -3.62. The van der Waals surface area contributed by atoms with Crippen molar-refractivity contribution in [2.45, 2.75) is 17.7 Å². The smallest absolute Gasteiger partial charge is 0.259 e. The summed E-state index contributed by atoms with van der Waals surface area (Å²) in [5, 5.41) is 3.34. The Hall–Kier alpha value is -2.00. The molecule has 0 aliphatic carbocycles. The zero-order valence-electron chi connectivity index (χ0n) is 14.2. The Morgan fingerprint density at radius 1 is 1.15 bits per heavy atom. The predicted molar refractivity (Wildman–Crippen MR) is 107 cm³/mol. The van der Waals surface area contributed by atoms with Crippen LogP contribution in [-0.4, -0.2) is 36.7 Å². The van der Waals surface area contributed by atoms with E-state index in [2.05, 4.69) is 10.3 Å². The van der Waals surface area contributed by atoms with Crippen LogP contribution in [0, 0.1) is 0 Å². The molecule has 140 valence electrons. The monoisotopic (exact) mass is 421 g/mol. The molecule has 1 amide bonds. The highest BCUT2D eigenvalue weighted by Crippen LogP contribution is 2.28. The molecular formula is C18H16ClN3O3S2. The lowest BCUT2D eigenvalue weighted by Crippen LogP contribution is -2.28. The SMILES string of the molecule is O=C(Nc1nc2ccccc2s1)c1cc(S(=O)(=O)N2CCCC2)ccc1Cl. The molecule has 27 heavy (non-hydrogen) atoms. The average molecular weight is 422 g/mol. The molecule has 1 aromatic heterocycles. The van der Waals surface area contributed by atoms with Gasteiger partial charge in [-0.05, 0) is 43.2 Å². The van der Waals surface area contributed by atoms with Crippen molar-refractivity contribution in [2.75, 3.05) is 18.4 Å². The van der Waals surface area contributed by atoms with Gasteiger partial charge in [0.15, 0.2) is 5.13 Å². The van der Waals surface area contributed by atoms with Gasteiger partial charge in [0.2, 0.25) is 10.0 Å². The molecule has 1 N–H and O–H groups in total. The molecule has 2 aromatic carbocycles. The summed E-state index contributed by atoms with van der Waals surface area (Å²) in [4.78, 5) is 17.1. The highest BCUT2D eigenvalue weighted by atomic mass is 35.5. The van der Waals surface area contributed by atoms with E-state index in [1.807, 2.05) is 24.3 Å². The van der Waals surface area contributed by atoms with Crippen molar-refractivity contribution in [3.63, 3.8) is 0 Å². The predicted octanol–water partition coefficient (Wildman–Crippen LogP) is 3.99. The van der Waals surface area contributed by atoms with Gasteiger partial charge in [0.05, 0.1) is 25.7 Å². The van der Waals surface area contributed by atoms with Gasteiger partial charge in [0.25, 0.3) is 5.91 Å². The van der Waals surface area contributed by atoms with Crippen LogP contribution in [-0.2, 0) is 10.0 Å². The molecule has 1 aliphatic rings. The second kappa shape index (κ2) is 7.20. The highest BCUT2D eigenvalue weighted by Gasteiger charge is 2.28. The molecule has 9 heteroatoms. The first-order valence-corrected chi connectivity index (χ1v) is 11.1. The fourth-order valence-electron chi connectivity index (χ4n) is 3.01. The third kappa shape index (κ3) is 3.58. The van der Waals surface area contributed by atoms with Gasteiger partial charge in [-0.2, -0.15) is 4.31 Å². The number of nitrogens with one attached hydrogen (secondary N) is 1. The van der Waals surface area contributed by atoms with Gasteiger partial charge in [-0.25, -0.2) is 13.4 Å². The Morgan fingerprint density at radius 3 is 2.63 bits per heavy atom. The molecule has 0 bridgehead atoms. The largest absolute Gasteiger partial charge is 0.298 e. The van der Waals surface area contributed by atoms with E-state index in [4.69, 9.17) is 11.6 Å². The molecule has 0 atom stereocenters. The molecule has 3 aromatic rings. The topological polar surface area (TPSA) is 79.4 Å². The van der Waals surface area contributed by atoms with E-state index in [1.165, 1.54) is 33.8 Å². The lowest BCUT2D eigenvalue weighted by atomic mass is 10.2. The van der Waals surface area contributed by atoms with Crippen molar-refractivity contribution in [3.05, 3.63) is 53.1 Å². The fourth-order valence-corrected chi connectivity index (χ4v) is 5.61. The maximum atomic E-state index is 12.7. The van der Waals surface area contributed by atoms with E-state index in [1.54, 1.807) is 0 Å². The maximum Gasteiger partial charge on any atom is 0.259 e. The van der Waals surface area contributed by atoms with E-state index in [0.29, 0.717) is 18.2 Å². The second-order valence-electron chi connectivity index (χ2n) is 6.19. The number of nitrogens with zero attached hydrogens (tertiary/aromatic N) is 2. The Morgan fingerprint density at radius 2 is 1.89 bits per heavy atom. The molecule has 6 nitrogen and oxygen atoms in total. The van der Waals surface area contributed by atoms with Crippen molar-refractivity contribution in [1.82, 2.24) is 9.29 Å². The Bertz CT molecular complexity index is 1090. The first-order chi connectivity index (χ1) is 12.9. The summed E-state index contributed by atoms with van der Waals surface area (Å²) in [6, 6.07) is 11.8. The van der Waals surface area contributed by atoms with Gasteiger partial charge in [-0.3, -0.25) is 10.1 Å². The van der Waals surface area contributed by atoms with Crippen LogP contribution in [0.4, 0.5) is 5.13 Å². The van der Waals surface area contributed by atoms with E-state index in [0.717, 1.165) is 23.1 Å². The molecule has 1 saturated heterocycles. The number of anilines is 1. The molecular weight excluding hydrogens is 406 g/mol. The van der Waals surface area contributed by atoms with Crippen LogP contribution in [0.3, 0.4) is 0 Å². The zero-order valence-corrected chi connectivity index (χ0v) is 16.6.